The fourth-order valence-electron chi connectivity index (χ4n) is 0.536. The Morgan fingerprint density at radius 2 is 2.00 bits per heavy atom. The Morgan fingerprint density at radius 1 is 1.33 bits per heavy atom. The first-order valence-corrected chi connectivity index (χ1v) is 3.38. The largest absolute Gasteiger partial charge is 0.193 e. The van der Waals surface area contributed by atoms with Gasteiger partial charge in [0.25, 0.3) is 0 Å². The van der Waals surface area contributed by atoms with Crippen molar-refractivity contribution >= 4 is 0 Å². The highest BCUT2D eigenvalue weighted by Crippen LogP contribution is 1.97. The molecule has 0 atom stereocenters. The minimum Gasteiger partial charge on any atom is -0.193 e. The molecule has 0 saturated heterocycles. The van der Waals surface area contributed by atoms with E-state index >= 15 is 0 Å². The summed E-state index contributed by atoms with van der Waals surface area (Å²) in [7, 11) is 0. The van der Waals surface area contributed by atoms with Crippen molar-refractivity contribution in [1.29, 1.82) is 10.5 Å². The quantitative estimate of drug-likeness (QED) is 0.453. The summed E-state index contributed by atoms with van der Waals surface area (Å²) in [4.78, 5) is 0. The Kier molecular flexibility index (Phi) is 4.83. The second-order valence-electron chi connectivity index (χ2n) is 2.11. The molecule has 0 amide bonds. The summed E-state index contributed by atoms with van der Waals surface area (Å²) in [5.41, 5.74) is 0.928. The van der Waals surface area contributed by atoms with Crippen LogP contribution >= 0.6 is 0 Å². The lowest BCUT2D eigenvalue weighted by Gasteiger charge is -1.84. The van der Waals surface area contributed by atoms with E-state index in [-0.39, 0.29) is 0 Å². The predicted octanol–water partition coefficient (Wildman–Crippen LogP) is 1.93. The van der Waals surface area contributed by atoms with Crippen molar-refractivity contribution in [1.82, 2.24) is 0 Å². The maximum Gasteiger partial charge on any atom is 0.108 e. The summed E-state index contributed by atoms with van der Waals surface area (Å²) >= 11 is 0. The van der Waals surface area contributed by atoms with E-state index in [4.69, 9.17) is 16.9 Å². The second kappa shape index (κ2) is 5.78. The maximum atomic E-state index is 8.40. The molecule has 0 bridgehead atoms. The Hall–Kier alpha value is -1.98. The lowest BCUT2D eigenvalue weighted by molar-refractivity contribution is 1.31. The molecule has 0 spiro atoms. The Labute approximate surface area is 72.4 Å². The predicted molar refractivity (Wildman–Crippen MR) is 46.5 cm³/mol. The molecule has 0 N–H and O–H groups in total. The minimum absolute atomic E-state index is 0.303. The third-order valence-corrected chi connectivity index (χ3v) is 1.20. The minimum atomic E-state index is 0.303. The highest BCUT2D eigenvalue weighted by molar-refractivity contribution is 5.38. The molecule has 0 aromatic heterocycles. The number of terminal acetylenes is 1. The molecule has 2 heteroatoms. The van der Waals surface area contributed by atoms with Crippen LogP contribution in [0.15, 0.2) is 23.3 Å². The van der Waals surface area contributed by atoms with E-state index in [1.807, 2.05) is 12.1 Å². The van der Waals surface area contributed by atoms with Gasteiger partial charge in [0.05, 0.1) is 11.6 Å². The molecule has 0 heterocycles. The summed E-state index contributed by atoms with van der Waals surface area (Å²) in [6.07, 6.45) is 8.87. The molecule has 0 radical (unpaired) electrons. The molecule has 0 unspecified atom stereocenters. The zero-order chi connectivity index (χ0) is 9.40. The van der Waals surface area contributed by atoms with Crippen LogP contribution in [0.1, 0.15) is 13.3 Å². The van der Waals surface area contributed by atoms with E-state index in [2.05, 4.69) is 5.92 Å². The van der Waals surface area contributed by atoms with Crippen LogP contribution in [0.3, 0.4) is 0 Å². The SMILES string of the molecule is C#C/C(C#N)=C\C/C=C(\C)C#N. The van der Waals surface area contributed by atoms with Crippen LogP contribution in [0.2, 0.25) is 0 Å². The molecule has 0 fully saturated rings. The van der Waals surface area contributed by atoms with Gasteiger partial charge in [0, 0.05) is 5.57 Å². The second-order valence-corrected chi connectivity index (χ2v) is 2.11. The van der Waals surface area contributed by atoms with Crippen molar-refractivity contribution in [3.05, 3.63) is 23.3 Å². The fraction of sp³-hybridized carbons (Fsp3) is 0.200. The van der Waals surface area contributed by atoms with Gasteiger partial charge >= 0.3 is 0 Å². The average Bonchev–Trinajstić information content (AvgIpc) is 2.12. The zero-order valence-corrected chi connectivity index (χ0v) is 6.83. The van der Waals surface area contributed by atoms with Crippen molar-refractivity contribution in [3.8, 4) is 24.5 Å². The monoisotopic (exact) mass is 156 g/mol. The molecule has 2 nitrogen and oxygen atoms in total. The molecule has 0 aliphatic heterocycles. The smallest absolute Gasteiger partial charge is 0.108 e. The first kappa shape index (κ1) is 10.0. The molecule has 0 aliphatic carbocycles. The fourth-order valence-corrected chi connectivity index (χ4v) is 0.536. The van der Waals surface area contributed by atoms with Crippen LogP contribution in [0.4, 0.5) is 0 Å². The van der Waals surface area contributed by atoms with E-state index in [9.17, 15) is 0 Å². The van der Waals surface area contributed by atoms with Crippen LogP contribution in [0.25, 0.3) is 0 Å². The third kappa shape index (κ3) is 3.94. The molecule has 0 saturated carbocycles. The first-order valence-electron chi connectivity index (χ1n) is 3.38. The molecule has 0 aromatic carbocycles. The standard InChI is InChI=1S/C10H8N2/c1-3-10(8-12)6-4-5-9(2)7-11/h1,5-6H,4H2,2H3/b9-5+,10-6+. The van der Waals surface area contributed by atoms with Crippen LogP contribution in [-0.4, -0.2) is 0 Å². The third-order valence-electron chi connectivity index (χ3n) is 1.20. The molecular formula is C10H8N2. The maximum absolute atomic E-state index is 8.40. The van der Waals surface area contributed by atoms with Gasteiger partial charge in [0.2, 0.25) is 0 Å². The Bertz CT molecular complexity index is 310. The van der Waals surface area contributed by atoms with Crippen molar-refractivity contribution in [2.75, 3.05) is 0 Å². The summed E-state index contributed by atoms with van der Waals surface area (Å²) in [5.74, 6) is 2.23. The van der Waals surface area contributed by atoms with Crippen LogP contribution in [0.5, 0.6) is 0 Å². The highest BCUT2D eigenvalue weighted by Gasteiger charge is 1.86. The van der Waals surface area contributed by atoms with Crippen LogP contribution in [-0.2, 0) is 0 Å². The molecular weight excluding hydrogens is 148 g/mol. The zero-order valence-electron chi connectivity index (χ0n) is 6.83. The molecule has 58 valence electrons. The van der Waals surface area contributed by atoms with Gasteiger partial charge in [-0.05, 0) is 13.3 Å². The summed E-state index contributed by atoms with van der Waals surface area (Å²) in [6.45, 7) is 1.70. The molecule has 0 aliphatic rings. The highest BCUT2D eigenvalue weighted by atomic mass is 14.2. The lowest BCUT2D eigenvalue weighted by Crippen LogP contribution is -1.72. The van der Waals surface area contributed by atoms with Gasteiger partial charge in [-0.25, -0.2) is 0 Å². The molecule has 0 rings (SSSR count). The number of rotatable bonds is 2. The van der Waals surface area contributed by atoms with E-state index in [0.29, 0.717) is 17.6 Å². The number of nitrogens with zero attached hydrogens (tertiary/aromatic N) is 2. The van der Waals surface area contributed by atoms with Gasteiger partial charge in [-0.2, -0.15) is 10.5 Å². The van der Waals surface area contributed by atoms with Crippen molar-refractivity contribution in [3.63, 3.8) is 0 Å². The van der Waals surface area contributed by atoms with Crippen molar-refractivity contribution < 1.29 is 0 Å². The number of allylic oxidation sites excluding steroid dienone is 4. The molecule has 12 heavy (non-hydrogen) atoms. The number of hydrogen-bond acceptors (Lipinski definition) is 2. The Morgan fingerprint density at radius 3 is 2.42 bits per heavy atom. The van der Waals surface area contributed by atoms with Gasteiger partial charge in [0.1, 0.15) is 6.07 Å². The van der Waals surface area contributed by atoms with Crippen molar-refractivity contribution in [2.24, 2.45) is 0 Å². The van der Waals surface area contributed by atoms with Gasteiger partial charge in [-0.3, -0.25) is 0 Å². The summed E-state index contributed by atoms with van der Waals surface area (Å²) in [5, 5.41) is 16.8. The van der Waals surface area contributed by atoms with E-state index in [1.54, 1.807) is 19.1 Å². The average molecular weight is 156 g/mol. The van der Waals surface area contributed by atoms with Crippen LogP contribution in [0, 0.1) is 35.0 Å². The Balaban J connectivity index is 4.21. The van der Waals surface area contributed by atoms with Crippen molar-refractivity contribution in [2.45, 2.75) is 13.3 Å². The van der Waals surface area contributed by atoms with E-state index < -0.39 is 0 Å². The van der Waals surface area contributed by atoms with Gasteiger partial charge in [-0.1, -0.05) is 18.1 Å². The van der Waals surface area contributed by atoms with Gasteiger partial charge < -0.3 is 0 Å². The van der Waals surface area contributed by atoms with Crippen LogP contribution < -0.4 is 0 Å². The molecule has 0 aromatic rings. The van der Waals surface area contributed by atoms with Gasteiger partial charge in [-0.15, -0.1) is 6.42 Å². The lowest BCUT2D eigenvalue weighted by atomic mass is 10.2. The van der Waals surface area contributed by atoms with E-state index in [0.717, 1.165) is 0 Å². The summed E-state index contributed by atoms with van der Waals surface area (Å²) < 4.78 is 0. The normalized spacial score (nSPS) is 11.2. The van der Waals surface area contributed by atoms with E-state index in [1.165, 1.54) is 0 Å². The summed E-state index contributed by atoms with van der Waals surface area (Å²) in [6, 6.07) is 3.83. The number of hydrogen-bond donors (Lipinski definition) is 0. The topological polar surface area (TPSA) is 47.6 Å². The first-order chi connectivity index (χ1) is 5.74. The van der Waals surface area contributed by atoms with Gasteiger partial charge in [0.15, 0.2) is 0 Å². The number of nitriles is 2.